The molecule has 0 fully saturated rings. The molecule has 0 aromatic heterocycles. The summed E-state index contributed by atoms with van der Waals surface area (Å²) in [4.78, 5) is 11.9. The second-order valence-electron chi connectivity index (χ2n) is 5.91. The van der Waals surface area contributed by atoms with Crippen LogP contribution in [0.1, 0.15) is 28.7 Å². The summed E-state index contributed by atoms with van der Waals surface area (Å²) in [5, 5.41) is 2.99. The SMILES string of the molecule is COc1ccc(CC(=O)NCCCc2ccc(C)cc2C)cc1. The van der Waals surface area contributed by atoms with Crippen molar-refractivity contribution >= 4 is 5.91 Å². The Bertz CT molecular complexity index is 647. The van der Waals surface area contributed by atoms with Gasteiger partial charge in [0.1, 0.15) is 5.75 Å². The van der Waals surface area contributed by atoms with E-state index in [4.69, 9.17) is 4.74 Å². The van der Waals surface area contributed by atoms with E-state index < -0.39 is 0 Å². The molecule has 122 valence electrons. The zero-order valence-corrected chi connectivity index (χ0v) is 14.2. The van der Waals surface area contributed by atoms with Gasteiger partial charge < -0.3 is 10.1 Å². The molecule has 23 heavy (non-hydrogen) atoms. The molecule has 0 radical (unpaired) electrons. The summed E-state index contributed by atoms with van der Waals surface area (Å²) in [6, 6.07) is 14.1. The van der Waals surface area contributed by atoms with Crippen molar-refractivity contribution in [3.05, 3.63) is 64.7 Å². The van der Waals surface area contributed by atoms with E-state index in [0.717, 1.165) is 24.2 Å². The zero-order chi connectivity index (χ0) is 16.7. The van der Waals surface area contributed by atoms with Crippen LogP contribution in [-0.4, -0.2) is 19.6 Å². The molecule has 0 atom stereocenters. The zero-order valence-electron chi connectivity index (χ0n) is 14.2. The van der Waals surface area contributed by atoms with Crippen LogP contribution in [-0.2, 0) is 17.6 Å². The van der Waals surface area contributed by atoms with E-state index in [2.05, 4.69) is 37.4 Å². The van der Waals surface area contributed by atoms with Gasteiger partial charge in [-0.15, -0.1) is 0 Å². The monoisotopic (exact) mass is 311 g/mol. The topological polar surface area (TPSA) is 38.3 Å². The number of methoxy groups -OCH3 is 1. The first-order valence-electron chi connectivity index (χ1n) is 8.04. The Morgan fingerprint density at radius 3 is 2.48 bits per heavy atom. The lowest BCUT2D eigenvalue weighted by Crippen LogP contribution is -2.26. The lowest BCUT2D eigenvalue weighted by atomic mass is 10.0. The Morgan fingerprint density at radius 1 is 1.09 bits per heavy atom. The van der Waals surface area contributed by atoms with Crippen LogP contribution in [0, 0.1) is 13.8 Å². The first-order chi connectivity index (χ1) is 11.1. The molecule has 3 heteroatoms. The summed E-state index contributed by atoms with van der Waals surface area (Å²) in [5.74, 6) is 0.874. The molecule has 2 aromatic carbocycles. The third-order valence-electron chi connectivity index (χ3n) is 3.97. The summed E-state index contributed by atoms with van der Waals surface area (Å²) in [6.07, 6.45) is 2.36. The highest BCUT2D eigenvalue weighted by Crippen LogP contribution is 2.13. The third-order valence-corrected chi connectivity index (χ3v) is 3.97. The summed E-state index contributed by atoms with van der Waals surface area (Å²) in [7, 11) is 1.64. The normalized spacial score (nSPS) is 10.4. The maximum absolute atomic E-state index is 11.9. The van der Waals surface area contributed by atoms with E-state index in [1.807, 2.05) is 24.3 Å². The number of amides is 1. The average molecular weight is 311 g/mol. The van der Waals surface area contributed by atoms with Gasteiger partial charge in [0.2, 0.25) is 5.91 Å². The first kappa shape index (κ1) is 17.1. The van der Waals surface area contributed by atoms with Gasteiger partial charge in [-0.2, -0.15) is 0 Å². The van der Waals surface area contributed by atoms with Crippen LogP contribution in [0.2, 0.25) is 0 Å². The first-order valence-corrected chi connectivity index (χ1v) is 8.04. The average Bonchev–Trinajstić information content (AvgIpc) is 2.54. The molecule has 0 saturated carbocycles. The van der Waals surface area contributed by atoms with E-state index in [1.165, 1.54) is 16.7 Å². The van der Waals surface area contributed by atoms with Crippen molar-refractivity contribution in [3.63, 3.8) is 0 Å². The molecule has 1 N–H and O–H groups in total. The molecule has 2 rings (SSSR count). The van der Waals surface area contributed by atoms with Gasteiger partial charge in [-0.05, 0) is 55.5 Å². The van der Waals surface area contributed by atoms with Crippen LogP contribution in [0.4, 0.5) is 0 Å². The van der Waals surface area contributed by atoms with Gasteiger partial charge in [0, 0.05) is 6.54 Å². The minimum atomic E-state index is 0.0656. The van der Waals surface area contributed by atoms with Crippen molar-refractivity contribution in [2.75, 3.05) is 13.7 Å². The highest BCUT2D eigenvalue weighted by molar-refractivity contribution is 5.78. The molecular formula is C20H25NO2. The molecular weight excluding hydrogens is 286 g/mol. The summed E-state index contributed by atoms with van der Waals surface area (Å²) < 4.78 is 5.11. The van der Waals surface area contributed by atoms with E-state index in [-0.39, 0.29) is 5.91 Å². The minimum absolute atomic E-state index is 0.0656. The van der Waals surface area contributed by atoms with Gasteiger partial charge in [-0.3, -0.25) is 4.79 Å². The fourth-order valence-electron chi connectivity index (χ4n) is 2.62. The Morgan fingerprint density at radius 2 is 1.83 bits per heavy atom. The van der Waals surface area contributed by atoms with Gasteiger partial charge in [-0.25, -0.2) is 0 Å². The van der Waals surface area contributed by atoms with Crippen LogP contribution < -0.4 is 10.1 Å². The largest absolute Gasteiger partial charge is 0.497 e. The molecule has 0 aliphatic carbocycles. The maximum Gasteiger partial charge on any atom is 0.224 e. The molecule has 0 unspecified atom stereocenters. The fourth-order valence-corrected chi connectivity index (χ4v) is 2.62. The smallest absolute Gasteiger partial charge is 0.224 e. The second kappa shape index (κ2) is 8.37. The lowest BCUT2D eigenvalue weighted by molar-refractivity contribution is -0.120. The molecule has 1 amide bonds. The number of rotatable bonds is 7. The van der Waals surface area contributed by atoms with Crippen molar-refractivity contribution in [3.8, 4) is 5.75 Å². The third kappa shape index (κ3) is 5.44. The lowest BCUT2D eigenvalue weighted by Gasteiger charge is -2.08. The highest BCUT2D eigenvalue weighted by Gasteiger charge is 2.04. The van der Waals surface area contributed by atoms with Crippen molar-refractivity contribution in [1.29, 1.82) is 0 Å². The molecule has 0 aliphatic heterocycles. The van der Waals surface area contributed by atoms with E-state index in [9.17, 15) is 4.79 Å². The van der Waals surface area contributed by atoms with Crippen molar-refractivity contribution in [2.45, 2.75) is 33.1 Å². The number of hydrogen-bond donors (Lipinski definition) is 1. The predicted octanol–water partition coefficient (Wildman–Crippen LogP) is 3.60. The van der Waals surface area contributed by atoms with Gasteiger partial charge in [0.05, 0.1) is 13.5 Å². The Labute approximate surface area is 138 Å². The molecule has 3 nitrogen and oxygen atoms in total. The molecule has 0 bridgehead atoms. The standard InChI is InChI=1S/C20H25NO2/c1-15-6-9-18(16(2)13-15)5-4-12-21-20(22)14-17-7-10-19(23-3)11-8-17/h6-11,13H,4-5,12,14H2,1-3H3,(H,21,22). The number of carbonyl (C=O) groups is 1. The van der Waals surface area contributed by atoms with Crippen LogP contribution >= 0.6 is 0 Å². The van der Waals surface area contributed by atoms with Crippen LogP contribution in [0.5, 0.6) is 5.75 Å². The van der Waals surface area contributed by atoms with Gasteiger partial charge in [-0.1, -0.05) is 35.9 Å². The van der Waals surface area contributed by atoms with Crippen LogP contribution in [0.25, 0.3) is 0 Å². The number of hydrogen-bond acceptors (Lipinski definition) is 2. The second-order valence-corrected chi connectivity index (χ2v) is 5.91. The Hall–Kier alpha value is -2.29. The fraction of sp³-hybridized carbons (Fsp3) is 0.350. The van der Waals surface area contributed by atoms with Crippen molar-refractivity contribution in [1.82, 2.24) is 5.32 Å². The number of benzene rings is 2. The minimum Gasteiger partial charge on any atom is -0.497 e. The quantitative estimate of drug-likeness (QED) is 0.793. The molecule has 2 aromatic rings. The van der Waals surface area contributed by atoms with E-state index in [0.29, 0.717) is 13.0 Å². The van der Waals surface area contributed by atoms with Crippen molar-refractivity contribution < 1.29 is 9.53 Å². The molecule has 0 saturated heterocycles. The van der Waals surface area contributed by atoms with Gasteiger partial charge >= 0.3 is 0 Å². The molecule has 0 aliphatic rings. The summed E-state index contributed by atoms with van der Waals surface area (Å²) in [6.45, 7) is 4.96. The predicted molar refractivity (Wildman–Crippen MR) is 93.9 cm³/mol. The summed E-state index contributed by atoms with van der Waals surface area (Å²) >= 11 is 0. The Balaban J connectivity index is 1.72. The van der Waals surface area contributed by atoms with Crippen LogP contribution in [0.3, 0.4) is 0 Å². The van der Waals surface area contributed by atoms with E-state index in [1.54, 1.807) is 7.11 Å². The molecule has 0 heterocycles. The number of carbonyl (C=O) groups excluding carboxylic acids is 1. The summed E-state index contributed by atoms with van der Waals surface area (Å²) in [5.41, 5.74) is 4.98. The number of nitrogens with one attached hydrogen (secondary N) is 1. The van der Waals surface area contributed by atoms with E-state index >= 15 is 0 Å². The highest BCUT2D eigenvalue weighted by atomic mass is 16.5. The number of aryl methyl sites for hydroxylation is 3. The number of ether oxygens (including phenoxy) is 1. The Kier molecular flexibility index (Phi) is 6.21. The van der Waals surface area contributed by atoms with Crippen molar-refractivity contribution in [2.24, 2.45) is 0 Å². The van der Waals surface area contributed by atoms with Gasteiger partial charge in [0.15, 0.2) is 0 Å². The maximum atomic E-state index is 11.9. The van der Waals surface area contributed by atoms with Gasteiger partial charge in [0.25, 0.3) is 0 Å². The molecule has 0 spiro atoms. The van der Waals surface area contributed by atoms with Crippen LogP contribution in [0.15, 0.2) is 42.5 Å².